The van der Waals surface area contributed by atoms with Crippen molar-refractivity contribution in [2.24, 2.45) is 0 Å². The molecule has 0 radical (unpaired) electrons. The molecule has 0 saturated heterocycles. The summed E-state index contributed by atoms with van der Waals surface area (Å²) in [5.41, 5.74) is 1.14. The van der Waals surface area contributed by atoms with Crippen LogP contribution in [0, 0.1) is 6.92 Å². The second-order valence-corrected chi connectivity index (χ2v) is 2.26. The molecule has 0 aliphatic carbocycles. The van der Waals surface area contributed by atoms with E-state index in [1.165, 1.54) is 0 Å². The highest BCUT2D eigenvalue weighted by molar-refractivity contribution is 9.10. The molecule has 0 aromatic carbocycles. The van der Waals surface area contributed by atoms with E-state index in [2.05, 4.69) is 15.9 Å². The third kappa shape index (κ3) is 0.855. The van der Waals surface area contributed by atoms with Gasteiger partial charge in [-0.25, -0.2) is 0 Å². The fraction of sp³-hybridized carbons (Fsp3) is 0.200. The molecule has 1 aromatic heterocycles. The fourth-order valence-corrected chi connectivity index (χ4v) is 0.546. The van der Waals surface area contributed by atoms with Crippen LogP contribution in [0.1, 0.15) is 5.56 Å². The zero-order valence-electron chi connectivity index (χ0n) is 3.94. The minimum atomic E-state index is 1.03. The maximum Gasteiger partial charge on any atom is 0.105 e. The molecule has 0 spiro atoms. The first-order chi connectivity index (χ1) is 3.30. The second-order valence-electron chi connectivity index (χ2n) is 1.40. The summed E-state index contributed by atoms with van der Waals surface area (Å²) in [6.07, 6.45) is 3.36. The standard InChI is InChI=1S/C5H5BrO/c1-4-2-7-3-5(4)6/h2-3H,1H3. The molecule has 0 aliphatic heterocycles. The quantitative estimate of drug-likeness (QED) is 0.569. The molecule has 0 aliphatic rings. The number of furan rings is 1. The molecule has 7 heavy (non-hydrogen) atoms. The molecule has 0 bridgehead atoms. The van der Waals surface area contributed by atoms with E-state index in [4.69, 9.17) is 4.42 Å². The lowest BCUT2D eigenvalue weighted by atomic mass is 10.4. The SMILES string of the molecule is Cc1cocc1Br. The van der Waals surface area contributed by atoms with Crippen LogP contribution in [-0.2, 0) is 0 Å². The Balaban J connectivity index is 3.12. The van der Waals surface area contributed by atoms with E-state index < -0.39 is 0 Å². The van der Waals surface area contributed by atoms with Gasteiger partial charge in [-0.15, -0.1) is 0 Å². The summed E-state index contributed by atoms with van der Waals surface area (Å²) in [7, 11) is 0. The summed E-state index contributed by atoms with van der Waals surface area (Å²) in [5, 5.41) is 0. The normalized spacial score (nSPS) is 9.43. The van der Waals surface area contributed by atoms with Gasteiger partial charge >= 0.3 is 0 Å². The van der Waals surface area contributed by atoms with Gasteiger partial charge in [0, 0.05) is 5.56 Å². The summed E-state index contributed by atoms with van der Waals surface area (Å²) < 4.78 is 5.83. The van der Waals surface area contributed by atoms with Crippen LogP contribution >= 0.6 is 15.9 Å². The summed E-state index contributed by atoms with van der Waals surface area (Å²) in [6.45, 7) is 1.98. The van der Waals surface area contributed by atoms with Crippen molar-refractivity contribution >= 4 is 15.9 Å². The Morgan fingerprint density at radius 3 is 2.43 bits per heavy atom. The number of rotatable bonds is 0. The largest absolute Gasteiger partial charge is 0.471 e. The van der Waals surface area contributed by atoms with Crippen LogP contribution in [-0.4, -0.2) is 0 Å². The molecule has 2 heteroatoms. The van der Waals surface area contributed by atoms with Gasteiger partial charge in [0.2, 0.25) is 0 Å². The van der Waals surface area contributed by atoms with Gasteiger partial charge in [0.25, 0.3) is 0 Å². The Hall–Kier alpha value is -0.240. The first kappa shape index (κ1) is 4.91. The van der Waals surface area contributed by atoms with Crippen LogP contribution < -0.4 is 0 Å². The Morgan fingerprint density at radius 1 is 1.57 bits per heavy atom. The Kier molecular flexibility index (Phi) is 1.19. The van der Waals surface area contributed by atoms with Gasteiger partial charge in [0.05, 0.1) is 10.7 Å². The van der Waals surface area contributed by atoms with Crippen LogP contribution in [0.2, 0.25) is 0 Å². The average Bonchev–Trinajstić information content (AvgIpc) is 1.91. The van der Waals surface area contributed by atoms with Gasteiger partial charge in [-0.3, -0.25) is 0 Å². The highest BCUT2D eigenvalue weighted by Gasteiger charge is 1.90. The third-order valence-corrected chi connectivity index (χ3v) is 1.61. The molecular formula is C5H5BrO. The predicted molar refractivity (Wildman–Crippen MR) is 31.1 cm³/mol. The van der Waals surface area contributed by atoms with E-state index in [1.54, 1.807) is 12.5 Å². The van der Waals surface area contributed by atoms with Crippen LogP contribution in [0.4, 0.5) is 0 Å². The second kappa shape index (κ2) is 1.70. The van der Waals surface area contributed by atoms with Crippen molar-refractivity contribution in [2.75, 3.05) is 0 Å². The van der Waals surface area contributed by atoms with Gasteiger partial charge in [0.15, 0.2) is 0 Å². The minimum absolute atomic E-state index is 1.03. The third-order valence-electron chi connectivity index (χ3n) is 0.793. The number of hydrogen-bond donors (Lipinski definition) is 0. The Labute approximate surface area is 50.5 Å². The molecular weight excluding hydrogens is 156 g/mol. The van der Waals surface area contributed by atoms with Crippen molar-refractivity contribution < 1.29 is 4.42 Å². The van der Waals surface area contributed by atoms with Crippen molar-refractivity contribution in [2.45, 2.75) is 6.92 Å². The van der Waals surface area contributed by atoms with Gasteiger partial charge in [0.1, 0.15) is 6.26 Å². The van der Waals surface area contributed by atoms with Crippen molar-refractivity contribution in [3.05, 3.63) is 22.6 Å². The lowest BCUT2D eigenvalue weighted by Crippen LogP contribution is -1.56. The maximum absolute atomic E-state index is 4.80. The predicted octanol–water partition coefficient (Wildman–Crippen LogP) is 2.35. The van der Waals surface area contributed by atoms with E-state index in [-0.39, 0.29) is 0 Å². The molecule has 0 fully saturated rings. The molecule has 0 saturated carbocycles. The topological polar surface area (TPSA) is 13.1 Å². The van der Waals surface area contributed by atoms with E-state index in [1.807, 2.05) is 6.92 Å². The van der Waals surface area contributed by atoms with Crippen molar-refractivity contribution in [1.29, 1.82) is 0 Å². The first-order valence-electron chi connectivity index (χ1n) is 1.99. The monoisotopic (exact) mass is 160 g/mol. The molecule has 1 nitrogen and oxygen atoms in total. The van der Waals surface area contributed by atoms with E-state index >= 15 is 0 Å². The summed E-state index contributed by atoms with van der Waals surface area (Å²) >= 11 is 3.27. The summed E-state index contributed by atoms with van der Waals surface area (Å²) in [6, 6.07) is 0. The number of hydrogen-bond acceptors (Lipinski definition) is 1. The zero-order chi connectivity index (χ0) is 5.28. The average molecular weight is 161 g/mol. The zero-order valence-corrected chi connectivity index (χ0v) is 5.53. The summed E-state index contributed by atoms with van der Waals surface area (Å²) in [5.74, 6) is 0. The molecule has 1 heterocycles. The minimum Gasteiger partial charge on any atom is -0.471 e. The van der Waals surface area contributed by atoms with Crippen molar-refractivity contribution in [3.63, 3.8) is 0 Å². The molecule has 1 aromatic rings. The highest BCUT2D eigenvalue weighted by Crippen LogP contribution is 2.14. The van der Waals surface area contributed by atoms with Gasteiger partial charge < -0.3 is 4.42 Å². The fourth-order valence-electron chi connectivity index (χ4n) is 0.345. The lowest BCUT2D eigenvalue weighted by Gasteiger charge is -1.74. The van der Waals surface area contributed by atoms with Gasteiger partial charge in [-0.1, -0.05) is 0 Å². The van der Waals surface area contributed by atoms with E-state index in [0.717, 1.165) is 10.0 Å². The highest BCUT2D eigenvalue weighted by atomic mass is 79.9. The van der Waals surface area contributed by atoms with Crippen LogP contribution in [0.3, 0.4) is 0 Å². The van der Waals surface area contributed by atoms with E-state index in [0.29, 0.717) is 0 Å². The number of halogens is 1. The van der Waals surface area contributed by atoms with Crippen LogP contribution in [0.15, 0.2) is 21.4 Å². The van der Waals surface area contributed by atoms with Crippen molar-refractivity contribution in [3.8, 4) is 0 Å². The first-order valence-corrected chi connectivity index (χ1v) is 2.78. The van der Waals surface area contributed by atoms with Gasteiger partial charge in [-0.2, -0.15) is 0 Å². The Bertz CT molecular complexity index is 140. The van der Waals surface area contributed by atoms with Crippen LogP contribution in [0.25, 0.3) is 0 Å². The van der Waals surface area contributed by atoms with Gasteiger partial charge in [-0.05, 0) is 22.9 Å². The Morgan fingerprint density at radius 2 is 2.29 bits per heavy atom. The molecule has 1 rings (SSSR count). The molecule has 0 N–H and O–H groups in total. The van der Waals surface area contributed by atoms with Crippen LogP contribution in [0.5, 0.6) is 0 Å². The molecule has 0 unspecified atom stereocenters. The molecule has 0 amide bonds. The smallest absolute Gasteiger partial charge is 0.105 e. The van der Waals surface area contributed by atoms with Crippen molar-refractivity contribution in [1.82, 2.24) is 0 Å². The lowest BCUT2D eigenvalue weighted by molar-refractivity contribution is 0.564. The molecule has 38 valence electrons. The number of aryl methyl sites for hydroxylation is 1. The molecule has 0 atom stereocenters. The van der Waals surface area contributed by atoms with E-state index in [9.17, 15) is 0 Å². The summed E-state index contributed by atoms with van der Waals surface area (Å²) in [4.78, 5) is 0. The maximum atomic E-state index is 4.80.